The molecule has 0 aliphatic rings. The molecule has 4 nitrogen and oxygen atoms in total. The van der Waals surface area contributed by atoms with Crippen molar-refractivity contribution in [2.75, 3.05) is 19.6 Å². The largest absolute Gasteiger partial charge is 0.327 e. The minimum absolute atomic E-state index is 0.139. The lowest BCUT2D eigenvalue weighted by molar-refractivity contribution is 0.289. The van der Waals surface area contributed by atoms with Gasteiger partial charge in [0.1, 0.15) is 0 Å². The van der Waals surface area contributed by atoms with E-state index in [2.05, 4.69) is 37.7 Å². The zero-order valence-electron chi connectivity index (χ0n) is 13.3. The molecule has 0 fully saturated rings. The van der Waals surface area contributed by atoms with Crippen molar-refractivity contribution in [2.45, 2.75) is 59.5 Å². The molecule has 116 valence electrons. The van der Waals surface area contributed by atoms with Crippen LogP contribution in [-0.2, 0) is 19.4 Å². The summed E-state index contributed by atoms with van der Waals surface area (Å²) in [5.74, 6) is 0. The van der Waals surface area contributed by atoms with E-state index in [0.717, 1.165) is 61.9 Å². The van der Waals surface area contributed by atoms with Crippen LogP contribution in [0.25, 0.3) is 0 Å². The molecule has 0 spiro atoms. The van der Waals surface area contributed by atoms with E-state index >= 15 is 0 Å². The molecule has 0 saturated heterocycles. The van der Waals surface area contributed by atoms with Crippen LogP contribution in [0.2, 0.25) is 5.02 Å². The van der Waals surface area contributed by atoms with E-state index in [1.807, 2.05) is 4.68 Å². The van der Waals surface area contributed by atoms with Gasteiger partial charge in [0.25, 0.3) is 0 Å². The summed E-state index contributed by atoms with van der Waals surface area (Å²) < 4.78 is 2.00. The van der Waals surface area contributed by atoms with Crippen LogP contribution in [0, 0.1) is 0 Å². The number of aromatic nitrogens is 2. The molecule has 1 rings (SSSR count). The fraction of sp³-hybridized carbons (Fsp3) is 0.800. The van der Waals surface area contributed by atoms with Crippen molar-refractivity contribution in [1.82, 2.24) is 14.7 Å². The van der Waals surface area contributed by atoms with Crippen molar-refractivity contribution in [3.05, 3.63) is 16.4 Å². The highest BCUT2D eigenvalue weighted by molar-refractivity contribution is 6.31. The van der Waals surface area contributed by atoms with Crippen LogP contribution in [-0.4, -0.2) is 40.4 Å². The zero-order chi connectivity index (χ0) is 15.1. The molecule has 5 heteroatoms. The predicted molar refractivity (Wildman–Crippen MR) is 86.4 cm³/mol. The van der Waals surface area contributed by atoms with E-state index in [9.17, 15) is 0 Å². The standard InChI is InChI=1S/C15H29ClN4/c1-5-13-15(16)14(20(8-4)18-13)11-12(17)9-10-19(6-2)7-3/h12H,5-11,17H2,1-4H3. The van der Waals surface area contributed by atoms with Gasteiger partial charge in [-0.3, -0.25) is 4.68 Å². The molecule has 20 heavy (non-hydrogen) atoms. The van der Waals surface area contributed by atoms with Crippen molar-refractivity contribution in [3.63, 3.8) is 0 Å². The quantitative estimate of drug-likeness (QED) is 0.763. The third-order valence-corrected chi connectivity index (χ3v) is 4.30. The maximum atomic E-state index is 6.42. The molecule has 1 atom stereocenters. The van der Waals surface area contributed by atoms with Gasteiger partial charge in [-0.05, 0) is 39.4 Å². The number of aryl methyl sites for hydroxylation is 2. The normalized spacial score (nSPS) is 13.2. The van der Waals surface area contributed by atoms with Crippen LogP contribution in [0.1, 0.15) is 45.5 Å². The highest BCUT2D eigenvalue weighted by atomic mass is 35.5. The number of hydrogen-bond acceptors (Lipinski definition) is 3. The summed E-state index contributed by atoms with van der Waals surface area (Å²) in [6.45, 7) is 12.6. The first kappa shape index (κ1) is 17.5. The van der Waals surface area contributed by atoms with Crippen LogP contribution < -0.4 is 5.73 Å². The number of rotatable bonds is 9. The topological polar surface area (TPSA) is 47.1 Å². The zero-order valence-corrected chi connectivity index (χ0v) is 14.1. The molecular weight excluding hydrogens is 272 g/mol. The lowest BCUT2D eigenvalue weighted by atomic mass is 10.1. The van der Waals surface area contributed by atoms with Gasteiger partial charge in [-0.1, -0.05) is 32.4 Å². The summed E-state index contributed by atoms with van der Waals surface area (Å²) in [5, 5.41) is 5.36. The van der Waals surface area contributed by atoms with Gasteiger partial charge in [0, 0.05) is 19.0 Å². The molecule has 0 aromatic carbocycles. The Labute approximate surface area is 128 Å². The predicted octanol–water partition coefficient (Wildman–Crippen LogP) is 2.72. The van der Waals surface area contributed by atoms with Gasteiger partial charge in [0.05, 0.1) is 16.4 Å². The monoisotopic (exact) mass is 300 g/mol. The van der Waals surface area contributed by atoms with E-state index in [1.165, 1.54) is 0 Å². The van der Waals surface area contributed by atoms with Gasteiger partial charge in [-0.2, -0.15) is 5.10 Å². The highest BCUT2D eigenvalue weighted by Crippen LogP contribution is 2.23. The minimum Gasteiger partial charge on any atom is -0.327 e. The molecular formula is C15H29ClN4. The third-order valence-electron chi connectivity index (χ3n) is 3.86. The summed E-state index contributed by atoms with van der Waals surface area (Å²) >= 11 is 6.42. The van der Waals surface area contributed by atoms with Crippen molar-refractivity contribution < 1.29 is 0 Å². The second-order valence-corrected chi connectivity index (χ2v) is 5.53. The molecule has 1 aromatic heterocycles. The summed E-state index contributed by atoms with van der Waals surface area (Å²) in [5.41, 5.74) is 8.36. The smallest absolute Gasteiger partial charge is 0.0850 e. The summed E-state index contributed by atoms with van der Waals surface area (Å²) in [7, 11) is 0. The summed E-state index contributed by atoms with van der Waals surface area (Å²) in [4.78, 5) is 2.40. The molecule has 2 N–H and O–H groups in total. The van der Waals surface area contributed by atoms with E-state index < -0.39 is 0 Å². The van der Waals surface area contributed by atoms with Crippen LogP contribution in [0.5, 0.6) is 0 Å². The van der Waals surface area contributed by atoms with Gasteiger partial charge in [0.15, 0.2) is 0 Å². The fourth-order valence-corrected chi connectivity index (χ4v) is 2.80. The van der Waals surface area contributed by atoms with Gasteiger partial charge in [0.2, 0.25) is 0 Å². The Kier molecular flexibility index (Phi) is 7.56. The average Bonchev–Trinajstić information content (AvgIpc) is 2.76. The fourth-order valence-electron chi connectivity index (χ4n) is 2.45. The Morgan fingerprint density at radius 3 is 2.40 bits per heavy atom. The molecule has 1 heterocycles. The van der Waals surface area contributed by atoms with Gasteiger partial charge < -0.3 is 10.6 Å². The molecule has 0 radical (unpaired) electrons. The molecule has 0 aliphatic heterocycles. The molecule has 0 saturated carbocycles. The number of hydrogen-bond donors (Lipinski definition) is 1. The van der Waals surface area contributed by atoms with Gasteiger partial charge in [-0.25, -0.2) is 0 Å². The van der Waals surface area contributed by atoms with Crippen molar-refractivity contribution >= 4 is 11.6 Å². The summed E-state index contributed by atoms with van der Waals surface area (Å²) in [6, 6.07) is 0.139. The van der Waals surface area contributed by atoms with E-state index in [4.69, 9.17) is 17.3 Å². The third kappa shape index (κ3) is 4.47. The van der Waals surface area contributed by atoms with Crippen LogP contribution in [0.3, 0.4) is 0 Å². The van der Waals surface area contributed by atoms with Crippen molar-refractivity contribution in [2.24, 2.45) is 5.73 Å². The second-order valence-electron chi connectivity index (χ2n) is 5.16. The summed E-state index contributed by atoms with van der Waals surface area (Å²) in [6.07, 6.45) is 2.67. The van der Waals surface area contributed by atoms with E-state index in [-0.39, 0.29) is 6.04 Å². The van der Waals surface area contributed by atoms with Crippen LogP contribution in [0.4, 0.5) is 0 Å². The number of nitrogens with two attached hydrogens (primary N) is 1. The second kappa shape index (κ2) is 8.65. The Bertz CT molecular complexity index is 399. The van der Waals surface area contributed by atoms with Gasteiger partial charge in [-0.15, -0.1) is 0 Å². The van der Waals surface area contributed by atoms with E-state index in [1.54, 1.807) is 0 Å². The van der Waals surface area contributed by atoms with Crippen LogP contribution in [0.15, 0.2) is 0 Å². The maximum Gasteiger partial charge on any atom is 0.0850 e. The maximum absolute atomic E-state index is 6.42. The highest BCUT2D eigenvalue weighted by Gasteiger charge is 2.17. The number of nitrogens with zero attached hydrogens (tertiary/aromatic N) is 3. The minimum atomic E-state index is 0.139. The Hall–Kier alpha value is -0.580. The lowest BCUT2D eigenvalue weighted by Gasteiger charge is -2.20. The molecule has 0 amide bonds. The Balaban J connectivity index is 2.65. The first-order valence-corrected chi connectivity index (χ1v) is 8.16. The van der Waals surface area contributed by atoms with Crippen LogP contribution >= 0.6 is 11.6 Å². The Morgan fingerprint density at radius 1 is 1.25 bits per heavy atom. The number of halogens is 1. The van der Waals surface area contributed by atoms with Gasteiger partial charge >= 0.3 is 0 Å². The Morgan fingerprint density at radius 2 is 1.90 bits per heavy atom. The molecule has 1 aromatic rings. The van der Waals surface area contributed by atoms with Crippen molar-refractivity contribution in [3.8, 4) is 0 Å². The van der Waals surface area contributed by atoms with E-state index in [0.29, 0.717) is 0 Å². The average molecular weight is 301 g/mol. The first-order chi connectivity index (χ1) is 9.57. The first-order valence-electron chi connectivity index (χ1n) is 7.79. The lowest BCUT2D eigenvalue weighted by Crippen LogP contribution is -2.32. The molecule has 0 aliphatic carbocycles. The van der Waals surface area contributed by atoms with Crippen molar-refractivity contribution in [1.29, 1.82) is 0 Å². The SMILES string of the molecule is CCc1nn(CC)c(CC(N)CCN(CC)CC)c1Cl. The molecule has 0 bridgehead atoms. The molecule has 1 unspecified atom stereocenters.